The molecule has 4 aromatic rings. The molecule has 0 radical (unpaired) electrons. The molecule has 1 heterocycles. The summed E-state index contributed by atoms with van der Waals surface area (Å²) in [7, 11) is -1.91. The molecule has 3 aromatic carbocycles. The number of ether oxygens (including phenoxy) is 1. The van der Waals surface area contributed by atoms with Crippen LogP contribution in [0, 0.1) is 6.92 Å². The van der Waals surface area contributed by atoms with Crippen LogP contribution >= 0.6 is 15.9 Å². The minimum atomic E-state index is -3.82. The highest BCUT2D eigenvalue weighted by Crippen LogP contribution is 2.36. The lowest BCUT2D eigenvalue weighted by Crippen LogP contribution is -2.18. The van der Waals surface area contributed by atoms with E-state index in [4.69, 9.17) is 4.74 Å². The third-order valence-electron chi connectivity index (χ3n) is 5.93. The van der Waals surface area contributed by atoms with Crippen molar-refractivity contribution in [2.45, 2.75) is 18.7 Å². The summed E-state index contributed by atoms with van der Waals surface area (Å²) in [6, 6.07) is 22.1. The number of hydrogen-bond acceptors (Lipinski definition) is 4. The number of aryl methyl sites for hydroxylation is 2. The number of para-hydroxylation sites is 1. The number of fused-ring (bicyclic) bond motifs is 1. The molecule has 4 rings (SSSR count). The lowest BCUT2D eigenvalue weighted by Gasteiger charge is -2.12. The van der Waals surface area contributed by atoms with Gasteiger partial charge in [0.05, 0.1) is 11.5 Å². The number of sulfonamides is 1. The molecule has 0 aliphatic heterocycles. The SMILES string of the molecule is CCOC(=O)/C=C/c1c(C(=CNS(=O)(=O)c2ccc(C)cc2)c2ccc(Br)cc2)c2ccccc2n1C. The van der Waals surface area contributed by atoms with Crippen LogP contribution in [0.4, 0.5) is 0 Å². The number of aromatic nitrogens is 1. The van der Waals surface area contributed by atoms with Gasteiger partial charge in [0.25, 0.3) is 10.0 Å². The largest absolute Gasteiger partial charge is 0.463 e. The van der Waals surface area contributed by atoms with E-state index >= 15 is 0 Å². The van der Waals surface area contributed by atoms with Crippen LogP contribution in [0.25, 0.3) is 22.6 Å². The smallest absolute Gasteiger partial charge is 0.330 e. The summed E-state index contributed by atoms with van der Waals surface area (Å²) in [6.07, 6.45) is 4.60. The van der Waals surface area contributed by atoms with Crippen molar-refractivity contribution in [3.63, 3.8) is 0 Å². The van der Waals surface area contributed by atoms with E-state index in [-0.39, 0.29) is 11.5 Å². The molecule has 1 aromatic heterocycles. The van der Waals surface area contributed by atoms with Crippen molar-refractivity contribution >= 4 is 54.5 Å². The Labute approximate surface area is 225 Å². The third-order valence-corrected chi connectivity index (χ3v) is 7.78. The van der Waals surface area contributed by atoms with Gasteiger partial charge >= 0.3 is 5.97 Å². The van der Waals surface area contributed by atoms with Gasteiger partial charge in [-0.3, -0.25) is 4.72 Å². The second kappa shape index (κ2) is 11.2. The zero-order chi connectivity index (χ0) is 26.6. The van der Waals surface area contributed by atoms with E-state index in [0.717, 1.165) is 37.8 Å². The molecule has 0 spiro atoms. The Hall–Kier alpha value is -3.62. The maximum atomic E-state index is 13.2. The van der Waals surface area contributed by atoms with Gasteiger partial charge in [0.2, 0.25) is 0 Å². The monoisotopic (exact) mass is 578 g/mol. The topological polar surface area (TPSA) is 77.4 Å². The number of nitrogens with one attached hydrogen (secondary N) is 1. The number of carbonyl (C=O) groups is 1. The van der Waals surface area contributed by atoms with Crippen LogP contribution in [-0.4, -0.2) is 25.6 Å². The predicted octanol–water partition coefficient (Wildman–Crippen LogP) is 6.19. The first-order valence-electron chi connectivity index (χ1n) is 11.7. The highest BCUT2D eigenvalue weighted by Gasteiger charge is 2.20. The van der Waals surface area contributed by atoms with Crippen molar-refractivity contribution < 1.29 is 17.9 Å². The summed E-state index contributed by atoms with van der Waals surface area (Å²) in [6.45, 7) is 3.93. The molecule has 8 heteroatoms. The average molecular weight is 580 g/mol. The molecule has 6 nitrogen and oxygen atoms in total. The molecule has 0 bridgehead atoms. The minimum Gasteiger partial charge on any atom is -0.463 e. The third kappa shape index (κ3) is 5.87. The molecule has 0 unspecified atom stereocenters. The Balaban J connectivity index is 1.92. The Morgan fingerprint density at radius 2 is 1.70 bits per heavy atom. The lowest BCUT2D eigenvalue weighted by atomic mass is 9.96. The van der Waals surface area contributed by atoms with Crippen molar-refractivity contribution in [3.8, 4) is 0 Å². The van der Waals surface area contributed by atoms with Crippen LogP contribution in [-0.2, 0) is 26.6 Å². The molecule has 0 atom stereocenters. The van der Waals surface area contributed by atoms with Crippen LogP contribution in [0.3, 0.4) is 0 Å². The van der Waals surface area contributed by atoms with Gasteiger partial charge in [0, 0.05) is 51.5 Å². The fourth-order valence-electron chi connectivity index (χ4n) is 4.08. The molecule has 0 aliphatic rings. The molecule has 0 saturated heterocycles. The van der Waals surface area contributed by atoms with Gasteiger partial charge in [0.1, 0.15) is 0 Å². The van der Waals surface area contributed by atoms with Crippen molar-refractivity contribution in [1.82, 2.24) is 9.29 Å². The van der Waals surface area contributed by atoms with Crippen LogP contribution in [0.15, 0.2) is 94.4 Å². The summed E-state index contributed by atoms with van der Waals surface area (Å²) in [5.41, 5.74) is 4.88. The number of hydrogen-bond donors (Lipinski definition) is 1. The molecule has 0 fully saturated rings. The first-order chi connectivity index (χ1) is 17.7. The zero-order valence-electron chi connectivity index (χ0n) is 20.7. The standard InChI is InChI=1S/C29H27BrN2O4S/c1-4-36-28(33)18-17-27-29(24-7-5-6-8-26(24)32(27)3)25(21-11-13-22(30)14-12-21)19-31-37(34,35)23-15-9-20(2)10-16-23/h5-19,31H,4H2,1-3H3/b18-17+,25-19?. The molecule has 0 saturated carbocycles. The average Bonchev–Trinajstić information content (AvgIpc) is 3.16. The predicted molar refractivity (Wildman–Crippen MR) is 151 cm³/mol. The van der Waals surface area contributed by atoms with E-state index in [2.05, 4.69) is 20.7 Å². The molecular formula is C29H27BrN2O4S. The second-order valence-corrected chi connectivity index (χ2v) is 11.1. The molecule has 0 aliphatic carbocycles. The molecule has 1 N–H and O–H groups in total. The summed E-state index contributed by atoms with van der Waals surface area (Å²) < 4.78 is 36.9. The van der Waals surface area contributed by atoms with Crippen LogP contribution < -0.4 is 4.72 Å². The maximum Gasteiger partial charge on any atom is 0.330 e. The number of benzene rings is 3. The Kier molecular flexibility index (Phi) is 8.00. The fourth-order valence-corrected chi connectivity index (χ4v) is 5.25. The number of halogens is 1. The highest BCUT2D eigenvalue weighted by molar-refractivity contribution is 9.10. The number of nitrogens with zero attached hydrogens (tertiary/aromatic N) is 1. The van der Waals surface area contributed by atoms with Crippen LogP contribution in [0.5, 0.6) is 0 Å². The van der Waals surface area contributed by atoms with Gasteiger partial charge in [0.15, 0.2) is 0 Å². The summed E-state index contributed by atoms with van der Waals surface area (Å²) >= 11 is 3.47. The van der Waals surface area contributed by atoms with Gasteiger partial charge in [-0.25, -0.2) is 13.2 Å². The number of esters is 1. The van der Waals surface area contributed by atoms with Gasteiger partial charge in [-0.1, -0.05) is 64.0 Å². The second-order valence-electron chi connectivity index (χ2n) is 8.42. The van der Waals surface area contributed by atoms with Crippen molar-refractivity contribution in [2.24, 2.45) is 7.05 Å². The lowest BCUT2D eigenvalue weighted by molar-refractivity contribution is -0.137. The highest BCUT2D eigenvalue weighted by atomic mass is 79.9. The van der Waals surface area contributed by atoms with E-state index in [1.54, 1.807) is 37.3 Å². The van der Waals surface area contributed by atoms with E-state index in [0.29, 0.717) is 5.57 Å². The minimum absolute atomic E-state index is 0.171. The van der Waals surface area contributed by atoms with E-state index in [1.165, 1.54) is 12.3 Å². The number of rotatable bonds is 8. The molecule has 190 valence electrons. The van der Waals surface area contributed by atoms with E-state index in [9.17, 15) is 13.2 Å². The molecular weight excluding hydrogens is 552 g/mol. The summed E-state index contributed by atoms with van der Waals surface area (Å²) in [5.74, 6) is -0.451. The normalized spacial score (nSPS) is 12.3. The van der Waals surface area contributed by atoms with Crippen LogP contribution in [0.2, 0.25) is 0 Å². The first kappa shape index (κ1) is 26.4. The Bertz CT molecular complexity index is 1600. The fraction of sp³-hybridized carbons (Fsp3) is 0.138. The summed E-state index contributed by atoms with van der Waals surface area (Å²) in [5, 5.41) is 0.914. The number of carbonyl (C=O) groups excluding carboxylic acids is 1. The van der Waals surface area contributed by atoms with Gasteiger partial charge in [-0.2, -0.15) is 0 Å². The van der Waals surface area contributed by atoms with E-state index in [1.807, 2.05) is 67.1 Å². The Morgan fingerprint density at radius 1 is 1.03 bits per heavy atom. The van der Waals surface area contributed by atoms with Gasteiger partial charge in [-0.15, -0.1) is 0 Å². The Morgan fingerprint density at radius 3 is 2.38 bits per heavy atom. The van der Waals surface area contributed by atoms with Crippen LogP contribution in [0.1, 0.15) is 29.3 Å². The molecule has 37 heavy (non-hydrogen) atoms. The summed E-state index contributed by atoms with van der Waals surface area (Å²) in [4.78, 5) is 12.3. The van der Waals surface area contributed by atoms with Crippen molar-refractivity contribution in [1.29, 1.82) is 0 Å². The van der Waals surface area contributed by atoms with Crippen molar-refractivity contribution in [3.05, 3.63) is 112 Å². The molecule has 0 amide bonds. The van der Waals surface area contributed by atoms with Crippen molar-refractivity contribution in [2.75, 3.05) is 6.61 Å². The maximum absolute atomic E-state index is 13.2. The van der Waals surface area contributed by atoms with E-state index < -0.39 is 16.0 Å². The quantitative estimate of drug-likeness (QED) is 0.200. The van der Waals surface area contributed by atoms with Gasteiger partial charge < -0.3 is 9.30 Å². The van der Waals surface area contributed by atoms with Gasteiger partial charge in [-0.05, 0) is 55.8 Å². The zero-order valence-corrected chi connectivity index (χ0v) is 23.1. The first-order valence-corrected chi connectivity index (χ1v) is 14.0.